The van der Waals surface area contributed by atoms with E-state index >= 15 is 0 Å². The van der Waals surface area contributed by atoms with Crippen LogP contribution in [0.5, 0.6) is 0 Å². The molecule has 0 aliphatic heterocycles. The van der Waals surface area contributed by atoms with Crippen molar-refractivity contribution in [1.29, 1.82) is 0 Å². The molecule has 1 heterocycles. The third kappa shape index (κ3) is 4.32. The molecule has 2 rings (SSSR count). The van der Waals surface area contributed by atoms with Crippen LogP contribution in [-0.4, -0.2) is 28.1 Å². The van der Waals surface area contributed by atoms with Gasteiger partial charge in [0.25, 0.3) is 0 Å². The lowest BCUT2D eigenvalue weighted by atomic mass is 9.94. The van der Waals surface area contributed by atoms with Crippen molar-refractivity contribution in [3.05, 3.63) is 46.7 Å². The SMILES string of the molecule is CCNCC(Cc1cn(C)nn1)Cc1ccccc1Cl. The summed E-state index contributed by atoms with van der Waals surface area (Å²) >= 11 is 6.26. The number of rotatable bonds is 7. The van der Waals surface area contributed by atoms with Gasteiger partial charge in [-0.3, -0.25) is 4.68 Å². The van der Waals surface area contributed by atoms with Crippen molar-refractivity contribution in [2.45, 2.75) is 19.8 Å². The lowest BCUT2D eigenvalue weighted by molar-refractivity contribution is 0.473. The van der Waals surface area contributed by atoms with E-state index in [1.165, 1.54) is 5.56 Å². The maximum atomic E-state index is 6.26. The average Bonchev–Trinajstić information content (AvgIpc) is 2.84. The molecule has 2 aromatic rings. The van der Waals surface area contributed by atoms with E-state index in [-0.39, 0.29) is 0 Å². The Morgan fingerprint density at radius 1 is 1.30 bits per heavy atom. The molecule has 0 amide bonds. The van der Waals surface area contributed by atoms with Gasteiger partial charge in [-0.25, -0.2) is 0 Å². The van der Waals surface area contributed by atoms with Gasteiger partial charge in [-0.2, -0.15) is 0 Å². The average molecular weight is 293 g/mol. The van der Waals surface area contributed by atoms with Crippen LogP contribution in [0.25, 0.3) is 0 Å². The Balaban J connectivity index is 2.05. The summed E-state index contributed by atoms with van der Waals surface area (Å²) in [7, 11) is 1.89. The molecule has 0 bridgehead atoms. The molecule has 108 valence electrons. The summed E-state index contributed by atoms with van der Waals surface area (Å²) in [6.07, 6.45) is 3.83. The first-order chi connectivity index (χ1) is 9.69. The van der Waals surface area contributed by atoms with Crippen molar-refractivity contribution >= 4 is 11.6 Å². The van der Waals surface area contributed by atoms with Crippen molar-refractivity contribution < 1.29 is 0 Å². The Morgan fingerprint density at radius 3 is 2.75 bits per heavy atom. The van der Waals surface area contributed by atoms with E-state index in [2.05, 4.69) is 28.6 Å². The standard InChI is InChI=1S/C15H21ClN4/c1-3-17-10-12(9-14-11-20(2)19-18-14)8-13-6-4-5-7-15(13)16/h4-7,11-12,17H,3,8-10H2,1-2H3. The van der Waals surface area contributed by atoms with Crippen molar-refractivity contribution in [2.75, 3.05) is 13.1 Å². The Kier molecular flexibility index (Phi) is 5.56. The Hall–Kier alpha value is -1.39. The van der Waals surface area contributed by atoms with Crippen LogP contribution in [0.3, 0.4) is 0 Å². The van der Waals surface area contributed by atoms with E-state index in [1.54, 1.807) is 4.68 Å². The zero-order chi connectivity index (χ0) is 14.4. The maximum absolute atomic E-state index is 6.26. The molecule has 1 atom stereocenters. The number of aryl methyl sites for hydroxylation is 1. The van der Waals surface area contributed by atoms with E-state index in [0.717, 1.165) is 36.6 Å². The predicted molar refractivity (Wildman–Crippen MR) is 81.9 cm³/mol. The quantitative estimate of drug-likeness (QED) is 0.852. The highest BCUT2D eigenvalue weighted by atomic mass is 35.5. The number of hydrogen-bond acceptors (Lipinski definition) is 3. The highest BCUT2D eigenvalue weighted by Crippen LogP contribution is 2.20. The summed E-state index contributed by atoms with van der Waals surface area (Å²) in [6.45, 7) is 4.05. The van der Waals surface area contributed by atoms with Crippen LogP contribution in [-0.2, 0) is 19.9 Å². The van der Waals surface area contributed by atoms with Crippen LogP contribution in [0.2, 0.25) is 5.02 Å². The van der Waals surface area contributed by atoms with Crippen molar-refractivity contribution in [3.8, 4) is 0 Å². The first-order valence-corrected chi connectivity index (χ1v) is 7.36. The zero-order valence-electron chi connectivity index (χ0n) is 12.0. The van der Waals surface area contributed by atoms with Crippen LogP contribution in [0, 0.1) is 5.92 Å². The first-order valence-electron chi connectivity index (χ1n) is 6.98. The maximum Gasteiger partial charge on any atom is 0.0830 e. The number of aromatic nitrogens is 3. The summed E-state index contributed by atoms with van der Waals surface area (Å²) in [5.74, 6) is 0.464. The third-order valence-electron chi connectivity index (χ3n) is 3.30. The molecule has 0 fully saturated rings. The molecule has 1 aromatic heterocycles. The molecule has 5 heteroatoms. The van der Waals surface area contributed by atoms with Gasteiger partial charge in [0.2, 0.25) is 0 Å². The van der Waals surface area contributed by atoms with Gasteiger partial charge in [-0.1, -0.05) is 41.9 Å². The molecule has 1 N–H and O–H groups in total. The van der Waals surface area contributed by atoms with Crippen molar-refractivity contribution in [2.24, 2.45) is 13.0 Å². The van der Waals surface area contributed by atoms with Gasteiger partial charge < -0.3 is 5.32 Å². The minimum atomic E-state index is 0.464. The van der Waals surface area contributed by atoms with E-state index in [4.69, 9.17) is 11.6 Å². The normalized spacial score (nSPS) is 12.6. The largest absolute Gasteiger partial charge is 0.317 e. The Bertz CT molecular complexity index is 538. The first kappa shape index (κ1) is 15.0. The lowest BCUT2D eigenvalue weighted by Gasteiger charge is -2.17. The van der Waals surface area contributed by atoms with E-state index in [0.29, 0.717) is 5.92 Å². The molecule has 0 saturated heterocycles. The number of halogens is 1. The molecule has 0 radical (unpaired) electrons. The fraction of sp³-hybridized carbons (Fsp3) is 0.467. The van der Waals surface area contributed by atoms with E-state index in [1.807, 2.05) is 31.4 Å². The number of nitrogens with zero attached hydrogens (tertiary/aromatic N) is 3. The fourth-order valence-electron chi connectivity index (χ4n) is 2.32. The van der Waals surface area contributed by atoms with Gasteiger partial charge in [-0.05, 0) is 43.5 Å². The van der Waals surface area contributed by atoms with Crippen molar-refractivity contribution in [3.63, 3.8) is 0 Å². The molecular formula is C15H21ClN4. The molecule has 4 nitrogen and oxygen atoms in total. The second-order valence-electron chi connectivity index (χ2n) is 5.06. The van der Waals surface area contributed by atoms with E-state index < -0.39 is 0 Å². The highest BCUT2D eigenvalue weighted by Gasteiger charge is 2.14. The van der Waals surface area contributed by atoms with E-state index in [9.17, 15) is 0 Å². The van der Waals surface area contributed by atoms with Crippen LogP contribution < -0.4 is 5.32 Å². The second-order valence-corrected chi connectivity index (χ2v) is 5.46. The van der Waals surface area contributed by atoms with Crippen LogP contribution >= 0.6 is 11.6 Å². The number of hydrogen-bond donors (Lipinski definition) is 1. The summed E-state index contributed by atoms with van der Waals surface area (Å²) < 4.78 is 1.75. The molecular weight excluding hydrogens is 272 g/mol. The lowest BCUT2D eigenvalue weighted by Crippen LogP contribution is -2.26. The Labute approximate surface area is 125 Å². The van der Waals surface area contributed by atoms with Gasteiger partial charge in [0.1, 0.15) is 0 Å². The van der Waals surface area contributed by atoms with Gasteiger partial charge in [0.15, 0.2) is 0 Å². The molecule has 0 aliphatic carbocycles. The summed E-state index contributed by atoms with van der Waals surface area (Å²) in [5.41, 5.74) is 2.23. The van der Waals surface area contributed by atoms with Crippen LogP contribution in [0.4, 0.5) is 0 Å². The zero-order valence-corrected chi connectivity index (χ0v) is 12.8. The molecule has 1 aromatic carbocycles. The van der Waals surface area contributed by atoms with Gasteiger partial charge in [0, 0.05) is 18.3 Å². The summed E-state index contributed by atoms with van der Waals surface area (Å²) in [4.78, 5) is 0. The number of benzene rings is 1. The van der Waals surface area contributed by atoms with Gasteiger partial charge >= 0.3 is 0 Å². The minimum absolute atomic E-state index is 0.464. The Morgan fingerprint density at radius 2 is 2.10 bits per heavy atom. The van der Waals surface area contributed by atoms with Crippen molar-refractivity contribution in [1.82, 2.24) is 20.3 Å². The molecule has 1 unspecified atom stereocenters. The molecule has 0 aliphatic rings. The summed E-state index contributed by atoms with van der Waals surface area (Å²) in [5, 5.41) is 12.4. The van der Waals surface area contributed by atoms with Gasteiger partial charge in [-0.15, -0.1) is 5.10 Å². The molecule has 20 heavy (non-hydrogen) atoms. The minimum Gasteiger partial charge on any atom is -0.317 e. The topological polar surface area (TPSA) is 42.7 Å². The third-order valence-corrected chi connectivity index (χ3v) is 3.67. The fourth-order valence-corrected chi connectivity index (χ4v) is 2.54. The van der Waals surface area contributed by atoms with Crippen LogP contribution in [0.1, 0.15) is 18.2 Å². The van der Waals surface area contributed by atoms with Crippen LogP contribution in [0.15, 0.2) is 30.5 Å². The number of nitrogens with one attached hydrogen (secondary N) is 1. The monoisotopic (exact) mass is 292 g/mol. The predicted octanol–water partition coefficient (Wildman–Crippen LogP) is 2.48. The molecule has 0 saturated carbocycles. The summed E-state index contributed by atoms with van der Waals surface area (Å²) in [6, 6.07) is 8.04. The molecule has 0 spiro atoms. The second kappa shape index (κ2) is 7.41. The van der Waals surface area contributed by atoms with Gasteiger partial charge in [0.05, 0.1) is 5.69 Å². The highest BCUT2D eigenvalue weighted by molar-refractivity contribution is 6.31. The smallest absolute Gasteiger partial charge is 0.0830 e.